The van der Waals surface area contributed by atoms with Crippen molar-refractivity contribution in [3.63, 3.8) is 0 Å². The molecule has 1 aromatic heterocycles. The third kappa shape index (κ3) is 6.60. The minimum absolute atomic E-state index is 0.166. The number of anilines is 4. The first-order chi connectivity index (χ1) is 17.9. The van der Waals surface area contributed by atoms with Gasteiger partial charge in [-0.2, -0.15) is 18.2 Å². The molecule has 0 bridgehead atoms. The van der Waals surface area contributed by atoms with Crippen LogP contribution in [0.5, 0.6) is 5.75 Å². The number of nitrogens with zero attached hydrogens (tertiary/aromatic N) is 3. The number of carbonyl (C=O) groups excluding carboxylic acids is 1. The summed E-state index contributed by atoms with van der Waals surface area (Å²) >= 11 is 0. The number of halogens is 3. The van der Waals surface area contributed by atoms with Gasteiger partial charge >= 0.3 is 13.8 Å². The molecule has 0 saturated carbocycles. The van der Waals surface area contributed by atoms with Crippen molar-refractivity contribution in [1.82, 2.24) is 14.9 Å². The van der Waals surface area contributed by atoms with Crippen LogP contribution in [0, 0.1) is 0 Å². The van der Waals surface area contributed by atoms with Crippen LogP contribution in [0.1, 0.15) is 34.3 Å². The summed E-state index contributed by atoms with van der Waals surface area (Å²) in [5.74, 6) is -0.874. The molecule has 0 unspecified atom stereocenters. The van der Waals surface area contributed by atoms with E-state index in [4.69, 9.17) is 4.74 Å². The summed E-state index contributed by atoms with van der Waals surface area (Å²) in [6.45, 7) is 1.16. The Morgan fingerprint density at radius 2 is 1.82 bits per heavy atom. The highest BCUT2D eigenvalue weighted by molar-refractivity contribution is 7.50. The van der Waals surface area contributed by atoms with Crippen LogP contribution in [0.3, 0.4) is 0 Å². The number of hydrogen-bond donors (Lipinski definition) is 4. The van der Waals surface area contributed by atoms with E-state index in [1.54, 1.807) is 23.1 Å². The molecule has 1 fully saturated rings. The van der Waals surface area contributed by atoms with Gasteiger partial charge in [-0.05, 0) is 42.7 Å². The second kappa shape index (κ2) is 11.0. The van der Waals surface area contributed by atoms with E-state index in [0.717, 1.165) is 12.8 Å². The van der Waals surface area contributed by atoms with E-state index < -0.39 is 31.3 Å². The summed E-state index contributed by atoms with van der Waals surface area (Å²) in [6, 6.07) is 10.6. The SMILES string of the molecule is COc1cc(CP(=O)(O)O)ccc1Nc1ncc(C(F)(F)F)c(Nc2ccccc2C(=O)N2CCCC2)n1. The zero-order valence-electron chi connectivity index (χ0n) is 20.2. The lowest BCUT2D eigenvalue weighted by molar-refractivity contribution is -0.137. The maximum absolute atomic E-state index is 13.8. The molecule has 14 heteroatoms. The standard InChI is InChI=1S/C24H25F3N5O5P/c1-37-20-12-15(14-38(34,35)36)8-9-19(20)30-23-28-13-17(24(25,26)27)21(31-23)29-18-7-3-2-6-16(18)22(33)32-10-4-5-11-32/h2-3,6-9,12-13H,4-5,10-11,14H2,1H3,(H2,34,35,36)(H2,28,29,30,31). The molecule has 1 aliphatic heterocycles. The second-order valence-electron chi connectivity index (χ2n) is 8.61. The summed E-state index contributed by atoms with van der Waals surface area (Å²) in [7, 11) is -2.99. The molecule has 1 amide bonds. The topological polar surface area (TPSA) is 137 Å². The number of alkyl halides is 3. The molecule has 4 N–H and O–H groups in total. The van der Waals surface area contributed by atoms with Crippen molar-refractivity contribution in [3.05, 3.63) is 65.4 Å². The van der Waals surface area contributed by atoms with Gasteiger partial charge in [0.25, 0.3) is 5.91 Å². The van der Waals surface area contributed by atoms with Crippen LogP contribution in [0.2, 0.25) is 0 Å². The number of para-hydroxylation sites is 1. The number of methoxy groups -OCH3 is 1. The molecule has 0 aliphatic carbocycles. The Labute approximate surface area is 216 Å². The molecule has 3 aromatic rings. The molecule has 1 aliphatic rings. The largest absolute Gasteiger partial charge is 0.495 e. The van der Waals surface area contributed by atoms with E-state index in [0.29, 0.717) is 24.8 Å². The summed E-state index contributed by atoms with van der Waals surface area (Å²) in [5.41, 5.74) is -0.180. The molecule has 10 nitrogen and oxygen atoms in total. The van der Waals surface area contributed by atoms with Crippen LogP contribution in [-0.4, -0.2) is 50.8 Å². The van der Waals surface area contributed by atoms with E-state index in [2.05, 4.69) is 20.6 Å². The number of amides is 1. The highest BCUT2D eigenvalue weighted by atomic mass is 31.2. The first-order valence-electron chi connectivity index (χ1n) is 11.5. The Morgan fingerprint density at radius 1 is 1.11 bits per heavy atom. The van der Waals surface area contributed by atoms with Gasteiger partial charge in [0, 0.05) is 19.3 Å². The van der Waals surface area contributed by atoms with Gasteiger partial charge in [0.2, 0.25) is 5.95 Å². The van der Waals surface area contributed by atoms with Crippen molar-refractivity contribution in [2.45, 2.75) is 25.2 Å². The first-order valence-corrected chi connectivity index (χ1v) is 13.3. The second-order valence-corrected chi connectivity index (χ2v) is 10.3. The van der Waals surface area contributed by atoms with Crippen LogP contribution in [0.15, 0.2) is 48.7 Å². The summed E-state index contributed by atoms with van der Waals surface area (Å²) < 4.78 is 58.0. The van der Waals surface area contributed by atoms with Gasteiger partial charge in [0.05, 0.1) is 30.2 Å². The highest BCUT2D eigenvalue weighted by Crippen LogP contribution is 2.41. The zero-order chi connectivity index (χ0) is 27.5. The molecule has 0 radical (unpaired) electrons. The first kappa shape index (κ1) is 27.4. The van der Waals surface area contributed by atoms with E-state index in [9.17, 15) is 32.3 Å². The van der Waals surface area contributed by atoms with Crippen molar-refractivity contribution >= 4 is 36.6 Å². The van der Waals surface area contributed by atoms with Crippen molar-refractivity contribution in [3.8, 4) is 5.75 Å². The van der Waals surface area contributed by atoms with Gasteiger partial charge in [-0.25, -0.2) is 4.98 Å². The number of nitrogens with one attached hydrogen (secondary N) is 2. The summed E-state index contributed by atoms with van der Waals surface area (Å²) in [4.78, 5) is 40.9. The van der Waals surface area contributed by atoms with Gasteiger partial charge in [-0.15, -0.1) is 0 Å². The molecular formula is C24H25F3N5O5P. The third-order valence-electron chi connectivity index (χ3n) is 5.80. The number of rotatable bonds is 8. The fourth-order valence-electron chi connectivity index (χ4n) is 4.04. The van der Waals surface area contributed by atoms with Gasteiger partial charge in [-0.1, -0.05) is 18.2 Å². The number of benzene rings is 2. The molecule has 2 aromatic carbocycles. The normalized spacial score (nSPS) is 13.9. The third-order valence-corrected chi connectivity index (χ3v) is 6.58. The Balaban J connectivity index is 1.66. The van der Waals surface area contributed by atoms with Crippen LogP contribution in [-0.2, 0) is 16.9 Å². The maximum atomic E-state index is 13.8. The molecule has 38 heavy (non-hydrogen) atoms. The Kier molecular flexibility index (Phi) is 7.91. The van der Waals surface area contributed by atoms with Crippen molar-refractivity contribution in [2.24, 2.45) is 0 Å². The van der Waals surface area contributed by atoms with Crippen LogP contribution in [0.25, 0.3) is 0 Å². The van der Waals surface area contributed by atoms with Crippen molar-refractivity contribution in [2.75, 3.05) is 30.8 Å². The molecule has 202 valence electrons. The minimum atomic E-state index is -4.78. The fraction of sp³-hybridized carbons (Fsp3) is 0.292. The van der Waals surface area contributed by atoms with Crippen LogP contribution < -0.4 is 15.4 Å². The molecule has 2 heterocycles. The lowest BCUT2D eigenvalue weighted by Gasteiger charge is -2.20. The van der Waals surface area contributed by atoms with Crippen LogP contribution >= 0.6 is 7.60 Å². The van der Waals surface area contributed by atoms with E-state index >= 15 is 0 Å². The molecular weight excluding hydrogens is 526 g/mol. The average molecular weight is 551 g/mol. The maximum Gasteiger partial charge on any atom is 0.421 e. The Bertz CT molecular complexity index is 1380. The predicted molar refractivity (Wildman–Crippen MR) is 134 cm³/mol. The average Bonchev–Trinajstić information content (AvgIpc) is 3.38. The number of ether oxygens (including phenoxy) is 1. The lowest BCUT2D eigenvalue weighted by atomic mass is 10.1. The minimum Gasteiger partial charge on any atom is -0.495 e. The predicted octanol–water partition coefficient (Wildman–Crippen LogP) is 4.90. The van der Waals surface area contributed by atoms with Gasteiger partial charge in [-0.3, -0.25) is 9.36 Å². The number of aromatic nitrogens is 2. The monoisotopic (exact) mass is 551 g/mol. The molecule has 0 atom stereocenters. The van der Waals surface area contributed by atoms with Crippen LogP contribution in [0.4, 0.5) is 36.3 Å². The van der Waals surface area contributed by atoms with Gasteiger partial charge < -0.3 is 30.1 Å². The zero-order valence-corrected chi connectivity index (χ0v) is 21.1. The number of hydrogen-bond acceptors (Lipinski definition) is 7. The fourth-order valence-corrected chi connectivity index (χ4v) is 4.71. The lowest BCUT2D eigenvalue weighted by Crippen LogP contribution is -2.28. The summed E-state index contributed by atoms with van der Waals surface area (Å²) in [5, 5.41) is 5.44. The Hall–Kier alpha value is -3.67. The van der Waals surface area contributed by atoms with Crippen molar-refractivity contribution in [1.29, 1.82) is 0 Å². The van der Waals surface area contributed by atoms with E-state index in [-0.39, 0.29) is 34.5 Å². The summed E-state index contributed by atoms with van der Waals surface area (Å²) in [6.07, 6.45) is -2.94. The Morgan fingerprint density at radius 3 is 2.47 bits per heavy atom. The van der Waals surface area contributed by atoms with Gasteiger partial charge in [0.1, 0.15) is 17.1 Å². The van der Waals surface area contributed by atoms with E-state index in [1.807, 2.05) is 0 Å². The molecule has 1 saturated heterocycles. The van der Waals surface area contributed by atoms with Gasteiger partial charge in [0.15, 0.2) is 0 Å². The number of carbonyl (C=O) groups is 1. The smallest absolute Gasteiger partial charge is 0.421 e. The number of likely N-dealkylation sites (tertiary alicyclic amines) is 1. The molecule has 0 spiro atoms. The van der Waals surface area contributed by atoms with E-state index in [1.165, 1.54) is 31.4 Å². The van der Waals surface area contributed by atoms with Crippen molar-refractivity contribution < 1.29 is 37.1 Å². The molecule has 4 rings (SSSR count). The quantitative estimate of drug-likeness (QED) is 0.288. The highest BCUT2D eigenvalue weighted by Gasteiger charge is 2.36.